The van der Waals surface area contributed by atoms with Crippen LogP contribution in [0.1, 0.15) is 18.1 Å². The van der Waals surface area contributed by atoms with E-state index in [2.05, 4.69) is 41.3 Å². The molecule has 0 aliphatic carbocycles. The molecular formula is C20H21N3O2S. The minimum Gasteiger partial charge on any atom is -0.504 e. The van der Waals surface area contributed by atoms with Crippen LogP contribution in [-0.4, -0.2) is 29.7 Å². The molecule has 26 heavy (non-hydrogen) atoms. The number of hydrogen-bond acceptors (Lipinski definition) is 5. The highest BCUT2D eigenvalue weighted by atomic mass is 32.1. The molecule has 5 nitrogen and oxygen atoms in total. The number of phenols is 1. The molecule has 0 atom stereocenters. The van der Waals surface area contributed by atoms with E-state index in [9.17, 15) is 5.11 Å². The van der Waals surface area contributed by atoms with Crippen LogP contribution in [0.5, 0.6) is 11.5 Å². The first kappa shape index (κ1) is 17.9. The van der Waals surface area contributed by atoms with Gasteiger partial charge in [-0.3, -0.25) is 4.99 Å². The van der Waals surface area contributed by atoms with Crippen LogP contribution in [-0.2, 0) is 0 Å². The molecule has 0 unspecified atom stereocenters. The molecule has 0 aliphatic heterocycles. The number of thiazole rings is 1. The molecule has 0 amide bonds. The maximum absolute atomic E-state index is 9.83. The highest BCUT2D eigenvalue weighted by molar-refractivity contribution is 7.07. The molecule has 3 rings (SSSR count). The largest absolute Gasteiger partial charge is 0.504 e. The van der Waals surface area contributed by atoms with Gasteiger partial charge in [0, 0.05) is 18.0 Å². The van der Waals surface area contributed by atoms with Crippen molar-refractivity contribution in [3.8, 4) is 22.8 Å². The summed E-state index contributed by atoms with van der Waals surface area (Å²) >= 11 is 1.54. The summed E-state index contributed by atoms with van der Waals surface area (Å²) in [5.41, 5.74) is 4.11. The summed E-state index contributed by atoms with van der Waals surface area (Å²) in [6.45, 7) is 4.44. The monoisotopic (exact) mass is 367 g/mol. The summed E-state index contributed by atoms with van der Waals surface area (Å²) in [4.78, 5) is 5.12. The van der Waals surface area contributed by atoms with Crippen molar-refractivity contribution in [3.05, 3.63) is 63.8 Å². The molecule has 2 aromatic carbocycles. The van der Waals surface area contributed by atoms with Gasteiger partial charge in [-0.05, 0) is 37.6 Å². The van der Waals surface area contributed by atoms with E-state index in [1.165, 1.54) is 5.56 Å². The number of benzene rings is 2. The quantitative estimate of drug-likeness (QED) is 0.692. The van der Waals surface area contributed by atoms with E-state index in [-0.39, 0.29) is 5.75 Å². The van der Waals surface area contributed by atoms with Crippen molar-refractivity contribution in [1.29, 1.82) is 0 Å². The minimum absolute atomic E-state index is 0.122. The number of ether oxygens (including phenoxy) is 1. The lowest BCUT2D eigenvalue weighted by atomic mass is 10.1. The molecule has 1 heterocycles. The lowest BCUT2D eigenvalue weighted by Gasteiger charge is -2.06. The Morgan fingerprint density at radius 3 is 2.65 bits per heavy atom. The van der Waals surface area contributed by atoms with Crippen molar-refractivity contribution in [2.75, 3.05) is 13.7 Å². The predicted molar refractivity (Wildman–Crippen MR) is 106 cm³/mol. The van der Waals surface area contributed by atoms with Gasteiger partial charge in [-0.25, -0.2) is 4.68 Å². The van der Waals surface area contributed by atoms with Crippen LogP contribution >= 0.6 is 11.3 Å². The first-order valence-electron chi connectivity index (χ1n) is 8.33. The van der Waals surface area contributed by atoms with Crippen molar-refractivity contribution in [3.63, 3.8) is 0 Å². The third-order valence-electron chi connectivity index (χ3n) is 3.83. The Bertz CT molecular complexity index is 985. The summed E-state index contributed by atoms with van der Waals surface area (Å²) in [7, 11) is 1.75. The van der Waals surface area contributed by atoms with E-state index in [0.29, 0.717) is 12.4 Å². The van der Waals surface area contributed by atoms with Crippen molar-refractivity contribution in [2.45, 2.75) is 13.8 Å². The van der Waals surface area contributed by atoms with Gasteiger partial charge in [-0.15, -0.1) is 11.3 Å². The number of rotatable bonds is 5. The number of aryl methyl sites for hydroxylation is 1. The molecule has 0 spiro atoms. The van der Waals surface area contributed by atoms with Crippen LogP contribution in [0.4, 0.5) is 0 Å². The summed E-state index contributed by atoms with van der Waals surface area (Å²) in [6, 6.07) is 13.5. The standard InChI is InChI=1S/C20H21N3O2S/c1-4-25-19-11-15(7-10-18(19)24)12-22-23-17(13-26-20(23)21-3)16-8-5-14(2)6-9-16/h5-13,24H,4H2,1-3H3. The molecule has 0 saturated carbocycles. The molecule has 0 fully saturated rings. The molecule has 3 aromatic rings. The van der Waals surface area contributed by atoms with Gasteiger partial charge in [-0.2, -0.15) is 5.10 Å². The van der Waals surface area contributed by atoms with Crippen LogP contribution in [0.3, 0.4) is 0 Å². The Hall–Kier alpha value is -2.86. The maximum Gasteiger partial charge on any atom is 0.205 e. The van der Waals surface area contributed by atoms with Crippen LogP contribution in [0.2, 0.25) is 0 Å². The lowest BCUT2D eigenvalue weighted by molar-refractivity contribution is 0.318. The predicted octanol–water partition coefficient (Wildman–Crippen LogP) is 4.04. The van der Waals surface area contributed by atoms with Gasteiger partial charge in [0.1, 0.15) is 0 Å². The molecule has 1 aromatic heterocycles. The first-order valence-corrected chi connectivity index (χ1v) is 9.21. The zero-order chi connectivity index (χ0) is 18.5. The third kappa shape index (κ3) is 3.86. The number of aromatic nitrogens is 1. The summed E-state index contributed by atoms with van der Waals surface area (Å²) in [5.74, 6) is 0.572. The zero-order valence-electron chi connectivity index (χ0n) is 15.0. The van der Waals surface area contributed by atoms with Crippen molar-refractivity contribution in [1.82, 2.24) is 4.68 Å². The number of aromatic hydroxyl groups is 1. The Kier molecular flexibility index (Phi) is 5.53. The molecule has 6 heteroatoms. The molecule has 0 bridgehead atoms. The van der Waals surface area contributed by atoms with Gasteiger partial charge >= 0.3 is 0 Å². The Balaban J connectivity index is 1.99. The van der Waals surface area contributed by atoms with Gasteiger partial charge in [-0.1, -0.05) is 29.8 Å². The van der Waals surface area contributed by atoms with Gasteiger partial charge in [0.25, 0.3) is 0 Å². The topological polar surface area (TPSA) is 59.1 Å². The molecule has 1 N–H and O–H groups in total. The second-order valence-corrected chi connectivity index (χ2v) is 6.55. The Morgan fingerprint density at radius 1 is 1.19 bits per heavy atom. The summed E-state index contributed by atoms with van der Waals surface area (Å²) < 4.78 is 7.25. The number of nitrogens with zero attached hydrogens (tertiary/aromatic N) is 3. The third-order valence-corrected chi connectivity index (χ3v) is 4.74. The average Bonchev–Trinajstić information content (AvgIpc) is 3.06. The smallest absolute Gasteiger partial charge is 0.205 e. The fourth-order valence-electron chi connectivity index (χ4n) is 2.49. The zero-order valence-corrected chi connectivity index (χ0v) is 15.8. The SMILES string of the molecule is CCOc1cc(C=Nn2c(-c3ccc(C)cc3)csc2=NC)ccc1O. The average molecular weight is 367 g/mol. The normalized spacial score (nSPS) is 12.0. The maximum atomic E-state index is 9.83. The van der Waals surface area contributed by atoms with Crippen molar-refractivity contribution >= 4 is 17.6 Å². The van der Waals surface area contributed by atoms with Crippen molar-refractivity contribution < 1.29 is 9.84 Å². The van der Waals surface area contributed by atoms with Crippen LogP contribution in [0.25, 0.3) is 11.3 Å². The van der Waals surface area contributed by atoms with Gasteiger partial charge < -0.3 is 9.84 Å². The minimum atomic E-state index is 0.122. The van der Waals surface area contributed by atoms with E-state index in [1.54, 1.807) is 42.8 Å². The van der Waals surface area contributed by atoms with Gasteiger partial charge in [0.05, 0.1) is 18.5 Å². The van der Waals surface area contributed by atoms with Crippen molar-refractivity contribution in [2.24, 2.45) is 10.1 Å². The summed E-state index contributed by atoms with van der Waals surface area (Å²) in [6.07, 6.45) is 1.74. The van der Waals surface area contributed by atoms with Gasteiger partial charge in [0.2, 0.25) is 4.80 Å². The summed E-state index contributed by atoms with van der Waals surface area (Å²) in [5, 5.41) is 16.5. The van der Waals surface area contributed by atoms with Crippen LogP contribution in [0, 0.1) is 6.92 Å². The Morgan fingerprint density at radius 2 is 1.96 bits per heavy atom. The Labute approximate surface area is 156 Å². The van der Waals surface area contributed by atoms with E-state index in [4.69, 9.17) is 4.74 Å². The van der Waals surface area contributed by atoms with E-state index in [0.717, 1.165) is 21.6 Å². The van der Waals surface area contributed by atoms with Gasteiger partial charge in [0.15, 0.2) is 11.5 Å². The first-order chi connectivity index (χ1) is 12.6. The lowest BCUT2D eigenvalue weighted by Crippen LogP contribution is -2.11. The van der Waals surface area contributed by atoms with E-state index >= 15 is 0 Å². The molecule has 0 aliphatic rings. The number of phenolic OH excluding ortho intramolecular Hbond substituents is 1. The fraction of sp³-hybridized carbons (Fsp3) is 0.200. The molecule has 0 radical (unpaired) electrons. The number of hydrogen-bond donors (Lipinski definition) is 1. The molecule has 0 saturated heterocycles. The van der Waals surface area contributed by atoms with E-state index in [1.807, 2.05) is 17.0 Å². The second kappa shape index (κ2) is 8.01. The van der Waals surface area contributed by atoms with E-state index < -0.39 is 0 Å². The van der Waals surface area contributed by atoms with Crippen LogP contribution < -0.4 is 9.54 Å². The fourth-order valence-corrected chi connectivity index (χ4v) is 3.30. The van der Waals surface area contributed by atoms with Crippen LogP contribution in [0.15, 0.2) is 57.9 Å². The highest BCUT2D eigenvalue weighted by Crippen LogP contribution is 2.26. The second-order valence-electron chi connectivity index (χ2n) is 5.71. The molecule has 134 valence electrons. The molecular weight excluding hydrogens is 346 g/mol. The highest BCUT2D eigenvalue weighted by Gasteiger charge is 2.07.